The molecule has 1 saturated heterocycles. The molecule has 124 valence electrons. The van der Waals surface area contributed by atoms with Crippen LogP contribution in [0.5, 0.6) is 5.75 Å². The number of carbonyl (C=O) groups excluding carboxylic acids is 2. The van der Waals surface area contributed by atoms with Gasteiger partial charge in [0, 0.05) is 18.7 Å². The Morgan fingerprint density at radius 3 is 2.62 bits per heavy atom. The number of rotatable bonds is 3. The number of carbonyl (C=O) groups is 2. The van der Waals surface area contributed by atoms with Crippen LogP contribution in [0.15, 0.2) is 42.5 Å². The first kappa shape index (κ1) is 16.2. The third-order valence-corrected chi connectivity index (χ3v) is 4.53. The van der Waals surface area contributed by atoms with E-state index in [4.69, 9.17) is 4.74 Å². The van der Waals surface area contributed by atoms with E-state index >= 15 is 0 Å². The maximum Gasteiger partial charge on any atom is 0.316 e. The molecule has 0 spiro atoms. The number of esters is 1. The molecular formula is C20H21NO3. The number of ether oxygens (including phenoxy) is 1. The fourth-order valence-corrected chi connectivity index (χ4v) is 3.00. The lowest BCUT2D eigenvalue weighted by Gasteiger charge is -2.20. The zero-order chi connectivity index (χ0) is 17.3. The van der Waals surface area contributed by atoms with Crippen molar-refractivity contribution in [2.75, 3.05) is 11.4 Å². The van der Waals surface area contributed by atoms with Crippen LogP contribution in [-0.2, 0) is 9.59 Å². The van der Waals surface area contributed by atoms with E-state index in [-0.39, 0.29) is 18.3 Å². The smallest absolute Gasteiger partial charge is 0.316 e. The van der Waals surface area contributed by atoms with Crippen molar-refractivity contribution in [3.63, 3.8) is 0 Å². The second kappa shape index (κ2) is 6.48. The molecule has 0 radical (unpaired) electrons. The fourth-order valence-electron chi connectivity index (χ4n) is 3.00. The summed E-state index contributed by atoms with van der Waals surface area (Å²) in [5, 5.41) is 0. The van der Waals surface area contributed by atoms with Gasteiger partial charge in [0.25, 0.3) is 0 Å². The molecule has 1 aliphatic rings. The van der Waals surface area contributed by atoms with Crippen LogP contribution in [0.2, 0.25) is 0 Å². The number of hydrogen-bond acceptors (Lipinski definition) is 3. The summed E-state index contributed by atoms with van der Waals surface area (Å²) in [6, 6.07) is 13.2. The van der Waals surface area contributed by atoms with E-state index in [1.165, 1.54) is 0 Å². The summed E-state index contributed by atoms with van der Waals surface area (Å²) >= 11 is 0. The highest BCUT2D eigenvalue weighted by Gasteiger charge is 2.37. The van der Waals surface area contributed by atoms with Crippen LogP contribution in [0, 0.1) is 26.7 Å². The highest BCUT2D eigenvalue weighted by molar-refractivity contribution is 6.00. The molecule has 0 aliphatic carbocycles. The number of amides is 1. The van der Waals surface area contributed by atoms with Crippen LogP contribution in [0.1, 0.15) is 23.1 Å². The van der Waals surface area contributed by atoms with Crippen molar-refractivity contribution in [3.05, 3.63) is 59.2 Å². The van der Waals surface area contributed by atoms with Gasteiger partial charge in [-0.1, -0.05) is 24.3 Å². The molecule has 0 bridgehead atoms. The van der Waals surface area contributed by atoms with Gasteiger partial charge in [-0.25, -0.2) is 0 Å². The summed E-state index contributed by atoms with van der Waals surface area (Å²) in [5.74, 6) is -0.285. The molecule has 2 aromatic rings. The molecule has 1 atom stereocenters. The van der Waals surface area contributed by atoms with Crippen molar-refractivity contribution in [1.29, 1.82) is 0 Å². The monoisotopic (exact) mass is 323 g/mol. The summed E-state index contributed by atoms with van der Waals surface area (Å²) < 4.78 is 5.45. The zero-order valence-corrected chi connectivity index (χ0v) is 14.2. The van der Waals surface area contributed by atoms with Crippen molar-refractivity contribution < 1.29 is 14.3 Å². The first-order valence-electron chi connectivity index (χ1n) is 8.10. The van der Waals surface area contributed by atoms with Gasteiger partial charge in [0.15, 0.2) is 0 Å². The molecule has 1 heterocycles. The minimum Gasteiger partial charge on any atom is -0.426 e. The predicted molar refractivity (Wildman–Crippen MR) is 93.2 cm³/mol. The van der Waals surface area contributed by atoms with E-state index in [1.54, 1.807) is 11.0 Å². The SMILES string of the molecule is Cc1cccc(OC(=O)C2CC(=O)N(c3cccc(C)c3C)C2)c1. The molecule has 0 aromatic heterocycles. The van der Waals surface area contributed by atoms with Gasteiger partial charge in [-0.05, 0) is 55.7 Å². The second-order valence-corrected chi connectivity index (χ2v) is 6.36. The standard InChI is InChI=1S/C20H21NO3/c1-13-6-4-8-17(10-13)24-20(23)16-11-19(22)21(12-16)18-9-5-7-14(2)15(18)3/h4-10,16H,11-12H2,1-3H3. The van der Waals surface area contributed by atoms with E-state index in [0.29, 0.717) is 12.3 Å². The molecule has 1 amide bonds. The Morgan fingerprint density at radius 2 is 1.88 bits per heavy atom. The molecule has 0 saturated carbocycles. The minimum absolute atomic E-state index is 0.0325. The summed E-state index contributed by atoms with van der Waals surface area (Å²) in [6.45, 7) is 6.33. The normalized spacial score (nSPS) is 17.2. The molecule has 4 heteroatoms. The number of aryl methyl sites for hydroxylation is 2. The Kier molecular flexibility index (Phi) is 4.38. The number of benzene rings is 2. The maximum absolute atomic E-state index is 12.4. The highest BCUT2D eigenvalue weighted by atomic mass is 16.5. The Balaban J connectivity index is 1.74. The molecule has 4 nitrogen and oxygen atoms in total. The van der Waals surface area contributed by atoms with Gasteiger partial charge in [-0.2, -0.15) is 0 Å². The third-order valence-electron chi connectivity index (χ3n) is 4.53. The van der Waals surface area contributed by atoms with Gasteiger partial charge in [-0.15, -0.1) is 0 Å². The second-order valence-electron chi connectivity index (χ2n) is 6.36. The van der Waals surface area contributed by atoms with E-state index in [2.05, 4.69) is 0 Å². The zero-order valence-electron chi connectivity index (χ0n) is 14.2. The molecular weight excluding hydrogens is 302 g/mol. The first-order chi connectivity index (χ1) is 11.5. The summed E-state index contributed by atoms with van der Waals surface area (Å²) in [7, 11) is 0. The largest absolute Gasteiger partial charge is 0.426 e. The lowest BCUT2D eigenvalue weighted by atomic mass is 10.1. The Bertz CT molecular complexity index is 797. The van der Waals surface area contributed by atoms with E-state index < -0.39 is 5.92 Å². The van der Waals surface area contributed by atoms with E-state index in [1.807, 2.05) is 57.2 Å². The summed E-state index contributed by atoms with van der Waals surface area (Å²) in [6.07, 6.45) is 0.192. The number of anilines is 1. The number of hydrogen-bond donors (Lipinski definition) is 0. The van der Waals surface area contributed by atoms with Crippen LogP contribution in [0.3, 0.4) is 0 Å². The third kappa shape index (κ3) is 3.18. The van der Waals surface area contributed by atoms with E-state index in [9.17, 15) is 9.59 Å². The molecule has 1 fully saturated rings. The summed E-state index contributed by atoms with van der Waals surface area (Å²) in [5.41, 5.74) is 4.11. The average Bonchev–Trinajstić information content (AvgIpc) is 2.92. The number of nitrogens with zero attached hydrogens (tertiary/aromatic N) is 1. The predicted octanol–water partition coefficient (Wildman–Crippen LogP) is 3.57. The topological polar surface area (TPSA) is 46.6 Å². The van der Waals surface area contributed by atoms with Crippen LogP contribution >= 0.6 is 0 Å². The van der Waals surface area contributed by atoms with Crippen LogP contribution < -0.4 is 9.64 Å². The summed E-state index contributed by atoms with van der Waals surface area (Å²) in [4.78, 5) is 26.5. The quantitative estimate of drug-likeness (QED) is 0.641. The lowest BCUT2D eigenvalue weighted by molar-refractivity contribution is -0.139. The first-order valence-corrected chi connectivity index (χ1v) is 8.10. The van der Waals surface area contributed by atoms with Crippen molar-refractivity contribution in [1.82, 2.24) is 0 Å². The van der Waals surface area contributed by atoms with Gasteiger partial charge in [0.2, 0.25) is 5.91 Å². The Morgan fingerprint density at radius 1 is 1.12 bits per heavy atom. The molecule has 24 heavy (non-hydrogen) atoms. The highest BCUT2D eigenvalue weighted by Crippen LogP contribution is 2.30. The van der Waals surface area contributed by atoms with Crippen molar-refractivity contribution in [2.24, 2.45) is 5.92 Å². The van der Waals surface area contributed by atoms with Crippen molar-refractivity contribution in [3.8, 4) is 5.75 Å². The lowest BCUT2D eigenvalue weighted by Crippen LogP contribution is -2.28. The van der Waals surface area contributed by atoms with Gasteiger partial charge >= 0.3 is 5.97 Å². The van der Waals surface area contributed by atoms with Gasteiger partial charge < -0.3 is 9.64 Å². The van der Waals surface area contributed by atoms with Crippen LogP contribution in [0.4, 0.5) is 5.69 Å². The molecule has 1 unspecified atom stereocenters. The van der Waals surface area contributed by atoms with Gasteiger partial charge in [-0.3, -0.25) is 9.59 Å². The van der Waals surface area contributed by atoms with Crippen LogP contribution in [0.25, 0.3) is 0 Å². The van der Waals surface area contributed by atoms with E-state index in [0.717, 1.165) is 22.4 Å². The molecule has 3 rings (SSSR count). The molecule has 2 aromatic carbocycles. The van der Waals surface area contributed by atoms with Crippen molar-refractivity contribution >= 4 is 17.6 Å². The van der Waals surface area contributed by atoms with Crippen LogP contribution in [-0.4, -0.2) is 18.4 Å². The molecule has 1 aliphatic heterocycles. The Hall–Kier alpha value is -2.62. The average molecular weight is 323 g/mol. The fraction of sp³-hybridized carbons (Fsp3) is 0.300. The molecule has 0 N–H and O–H groups in total. The van der Waals surface area contributed by atoms with Gasteiger partial charge in [0.05, 0.1) is 5.92 Å². The Labute approximate surface area is 142 Å². The van der Waals surface area contributed by atoms with Crippen molar-refractivity contribution in [2.45, 2.75) is 27.2 Å². The minimum atomic E-state index is -0.432. The van der Waals surface area contributed by atoms with Gasteiger partial charge in [0.1, 0.15) is 5.75 Å². The maximum atomic E-state index is 12.4.